The van der Waals surface area contributed by atoms with Crippen LogP contribution < -0.4 is 0 Å². The first-order valence-electron chi connectivity index (χ1n) is 10.3. The van der Waals surface area contributed by atoms with Crippen molar-refractivity contribution in [2.45, 2.75) is 24.9 Å². The first-order valence-corrected chi connectivity index (χ1v) is 10.3. The molecule has 0 spiro atoms. The van der Waals surface area contributed by atoms with Crippen LogP contribution in [0.25, 0.3) is 0 Å². The summed E-state index contributed by atoms with van der Waals surface area (Å²) in [5, 5.41) is 21.1. The molecule has 0 aliphatic carbocycles. The number of rotatable bonds is 10. The smallest absolute Gasteiger partial charge is 0.337 e. The average Bonchev–Trinajstić information content (AvgIpc) is 2.86. The maximum absolute atomic E-state index is 11.9. The largest absolute Gasteiger partial charge is 0.467 e. The summed E-state index contributed by atoms with van der Waals surface area (Å²) < 4.78 is 10.4. The van der Waals surface area contributed by atoms with Crippen molar-refractivity contribution >= 4 is 11.7 Å². The first kappa shape index (κ1) is 23.3. The maximum Gasteiger partial charge on any atom is 0.337 e. The molecule has 3 rings (SSSR count). The van der Waals surface area contributed by atoms with Gasteiger partial charge in [0, 0.05) is 11.1 Å². The lowest BCUT2D eigenvalue weighted by atomic mass is 10.0. The van der Waals surface area contributed by atoms with E-state index in [9.17, 15) is 15.0 Å². The molecule has 2 N–H and O–H groups in total. The number of carbonyl (C=O) groups is 1. The minimum absolute atomic E-state index is 0.00666. The van der Waals surface area contributed by atoms with Crippen LogP contribution >= 0.6 is 0 Å². The van der Waals surface area contributed by atoms with Crippen LogP contribution in [0.4, 0.5) is 0 Å². The van der Waals surface area contributed by atoms with Crippen LogP contribution in [0.3, 0.4) is 0 Å². The van der Waals surface area contributed by atoms with E-state index in [4.69, 9.17) is 9.73 Å². The molecule has 32 heavy (non-hydrogen) atoms. The molecule has 3 atom stereocenters. The van der Waals surface area contributed by atoms with E-state index in [1.165, 1.54) is 0 Å². The first-order chi connectivity index (χ1) is 15.6. The Bertz CT molecular complexity index is 951. The number of methoxy groups -OCH3 is 1. The SMILES string of the molecule is COC(=O)[C@@H](O)[C@@H](O)[C@@H](COCc1ccccc1)N=C(c1ccccc1)c1ccccc1. The van der Waals surface area contributed by atoms with Gasteiger partial charge in [-0.25, -0.2) is 4.79 Å². The number of carbonyl (C=O) groups excluding carboxylic acids is 1. The molecule has 166 valence electrons. The predicted octanol–water partition coefficient (Wildman–Crippen LogP) is 3.00. The van der Waals surface area contributed by atoms with Crippen LogP contribution in [-0.2, 0) is 20.9 Å². The Labute approximate surface area is 187 Å². The third-order valence-corrected chi connectivity index (χ3v) is 4.95. The van der Waals surface area contributed by atoms with E-state index >= 15 is 0 Å². The number of ether oxygens (including phenoxy) is 2. The van der Waals surface area contributed by atoms with Crippen LogP contribution in [0.2, 0.25) is 0 Å². The van der Waals surface area contributed by atoms with E-state index in [0.29, 0.717) is 12.3 Å². The fourth-order valence-electron chi connectivity index (χ4n) is 3.23. The number of hydrogen-bond acceptors (Lipinski definition) is 6. The molecule has 0 radical (unpaired) electrons. The number of aliphatic hydroxyl groups is 2. The molecule has 0 saturated heterocycles. The van der Waals surface area contributed by atoms with Gasteiger partial charge in [0.2, 0.25) is 0 Å². The second-order valence-corrected chi connectivity index (χ2v) is 7.24. The molecule has 3 aromatic carbocycles. The molecular formula is C26H27NO5. The minimum Gasteiger partial charge on any atom is -0.467 e. The number of esters is 1. The number of benzene rings is 3. The van der Waals surface area contributed by atoms with E-state index in [0.717, 1.165) is 23.8 Å². The van der Waals surface area contributed by atoms with E-state index < -0.39 is 24.2 Å². The summed E-state index contributed by atoms with van der Waals surface area (Å²) in [7, 11) is 1.15. The van der Waals surface area contributed by atoms with Gasteiger partial charge in [-0.05, 0) is 5.56 Å². The molecule has 0 saturated carbocycles. The third kappa shape index (κ3) is 6.34. The highest BCUT2D eigenvalue weighted by Crippen LogP contribution is 2.16. The number of hydrogen-bond donors (Lipinski definition) is 2. The second-order valence-electron chi connectivity index (χ2n) is 7.24. The van der Waals surface area contributed by atoms with Crippen molar-refractivity contribution in [1.82, 2.24) is 0 Å². The zero-order valence-corrected chi connectivity index (χ0v) is 17.9. The van der Waals surface area contributed by atoms with Crippen molar-refractivity contribution in [3.8, 4) is 0 Å². The molecule has 0 aromatic heterocycles. The molecular weight excluding hydrogens is 406 g/mol. The quantitative estimate of drug-likeness (QED) is 0.379. The second kappa shape index (κ2) is 11.9. The Morgan fingerprint density at radius 2 is 1.34 bits per heavy atom. The maximum atomic E-state index is 11.9. The fraction of sp³-hybridized carbons (Fsp3) is 0.231. The number of nitrogens with zero attached hydrogens (tertiary/aromatic N) is 1. The zero-order valence-electron chi connectivity index (χ0n) is 17.9. The van der Waals surface area contributed by atoms with Gasteiger partial charge in [-0.15, -0.1) is 0 Å². The van der Waals surface area contributed by atoms with Crippen molar-refractivity contribution in [2.24, 2.45) is 4.99 Å². The number of aliphatic hydroxyl groups excluding tert-OH is 2. The Hall–Kier alpha value is -3.32. The summed E-state index contributed by atoms with van der Waals surface area (Å²) in [5.41, 5.74) is 3.26. The van der Waals surface area contributed by atoms with Gasteiger partial charge < -0.3 is 19.7 Å². The third-order valence-electron chi connectivity index (χ3n) is 4.95. The molecule has 3 aromatic rings. The highest BCUT2D eigenvalue weighted by molar-refractivity contribution is 6.13. The van der Waals surface area contributed by atoms with Crippen LogP contribution in [0, 0.1) is 0 Å². The van der Waals surface area contributed by atoms with E-state index in [-0.39, 0.29) is 6.61 Å². The normalized spacial score (nSPS) is 13.6. The van der Waals surface area contributed by atoms with Gasteiger partial charge in [0.05, 0.1) is 26.0 Å². The Balaban J connectivity index is 1.93. The molecule has 0 fully saturated rings. The lowest BCUT2D eigenvalue weighted by Gasteiger charge is -2.24. The van der Waals surface area contributed by atoms with Gasteiger partial charge >= 0.3 is 5.97 Å². The highest BCUT2D eigenvalue weighted by Gasteiger charge is 2.33. The topological polar surface area (TPSA) is 88.4 Å². The summed E-state index contributed by atoms with van der Waals surface area (Å²) in [6, 6.07) is 27.7. The Morgan fingerprint density at radius 1 is 0.844 bits per heavy atom. The van der Waals surface area contributed by atoms with Crippen LogP contribution in [0.15, 0.2) is 96.0 Å². The molecule has 0 aliphatic heterocycles. The predicted molar refractivity (Wildman–Crippen MR) is 122 cm³/mol. The van der Waals surface area contributed by atoms with E-state index in [2.05, 4.69) is 4.74 Å². The summed E-state index contributed by atoms with van der Waals surface area (Å²) in [4.78, 5) is 16.6. The van der Waals surface area contributed by atoms with Gasteiger partial charge in [0.1, 0.15) is 12.1 Å². The summed E-state index contributed by atoms with van der Waals surface area (Å²) in [6.07, 6.45) is -3.26. The molecule has 6 heteroatoms. The molecule has 0 bridgehead atoms. The van der Waals surface area contributed by atoms with Crippen molar-refractivity contribution < 1.29 is 24.5 Å². The monoisotopic (exact) mass is 433 g/mol. The molecule has 0 heterocycles. The van der Waals surface area contributed by atoms with E-state index in [1.807, 2.05) is 91.0 Å². The van der Waals surface area contributed by atoms with E-state index in [1.54, 1.807) is 0 Å². The molecule has 0 aliphatic rings. The zero-order chi connectivity index (χ0) is 22.8. The summed E-state index contributed by atoms with van der Waals surface area (Å²) in [6.45, 7) is 0.299. The Morgan fingerprint density at radius 3 is 1.84 bits per heavy atom. The lowest BCUT2D eigenvalue weighted by Crippen LogP contribution is -2.44. The summed E-state index contributed by atoms with van der Waals surface area (Å²) >= 11 is 0. The van der Waals surface area contributed by atoms with Crippen molar-refractivity contribution in [3.05, 3.63) is 108 Å². The van der Waals surface area contributed by atoms with Crippen LogP contribution in [-0.4, -0.2) is 53.9 Å². The fourth-order valence-corrected chi connectivity index (χ4v) is 3.23. The standard InChI is InChI=1S/C26H27NO5/c1-31-26(30)25(29)24(28)22(18-32-17-19-11-5-2-6-12-19)27-23(20-13-7-3-8-14-20)21-15-9-4-10-16-21/h2-16,22,24-25,28-29H,17-18H2,1H3/t22-,24+,25+/m1/s1. The molecule has 6 nitrogen and oxygen atoms in total. The van der Waals surface area contributed by atoms with Gasteiger partial charge in [-0.3, -0.25) is 4.99 Å². The number of aliphatic imine (C=N–C) groups is 1. The van der Waals surface area contributed by atoms with Crippen molar-refractivity contribution in [2.75, 3.05) is 13.7 Å². The lowest BCUT2D eigenvalue weighted by molar-refractivity contribution is -0.158. The highest BCUT2D eigenvalue weighted by atomic mass is 16.5. The van der Waals surface area contributed by atoms with Crippen molar-refractivity contribution in [3.63, 3.8) is 0 Å². The Kier molecular flexibility index (Phi) is 8.69. The van der Waals surface area contributed by atoms with Gasteiger partial charge in [-0.1, -0.05) is 91.0 Å². The summed E-state index contributed by atoms with van der Waals surface area (Å²) in [5.74, 6) is -0.929. The van der Waals surface area contributed by atoms with Crippen molar-refractivity contribution in [1.29, 1.82) is 0 Å². The van der Waals surface area contributed by atoms with Gasteiger partial charge in [0.25, 0.3) is 0 Å². The molecule has 0 unspecified atom stereocenters. The minimum atomic E-state index is -1.75. The van der Waals surface area contributed by atoms with Crippen LogP contribution in [0.1, 0.15) is 16.7 Å². The van der Waals surface area contributed by atoms with Gasteiger partial charge in [-0.2, -0.15) is 0 Å². The molecule has 0 amide bonds. The van der Waals surface area contributed by atoms with Crippen LogP contribution in [0.5, 0.6) is 0 Å². The average molecular weight is 434 g/mol. The van der Waals surface area contributed by atoms with Gasteiger partial charge in [0.15, 0.2) is 6.10 Å².